The number of methoxy groups -OCH3 is 1. The molecule has 0 heterocycles. The predicted molar refractivity (Wildman–Crippen MR) is 123 cm³/mol. The number of rotatable bonds is 12. The molecule has 0 radical (unpaired) electrons. The number of ether oxygens (including phenoxy) is 1. The minimum atomic E-state index is -1.15. The fraction of sp³-hybridized carbons (Fsp3) is 0.545. The van der Waals surface area contributed by atoms with Crippen LogP contribution in [0.3, 0.4) is 0 Å². The summed E-state index contributed by atoms with van der Waals surface area (Å²) in [7, 11) is 2.57. The van der Waals surface area contributed by atoms with Gasteiger partial charge >= 0.3 is 12.0 Å². The van der Waals surface area contributed by atoms with E-state index in [0.29, 0.717) is 24.5 Å². The summed E-state index contributed by atoms with van der Waals surface area (Å²) in [6.07, 6.45) is 0.970. The number of nitrogens with zero attached hydrogens (tertiary/aromatic N) is 1. The highest BCUT2D eigenvalue weighted by molar-refractivity contribution is 7.99. The van der Waals surface area contributed by atoms with E-state index < -0.39 is 35.8 Å². The van der Waals surface area contributed by atoms with Crippen molar-refractivity contribution in [2.75, 3.05) is 19.9 Å². The summed E-state index contributed by atoms with van der Waals surface area (Å²) in [5.74, 6) is -1.83. The van der Waals surface area contributed by atoms with Crippen molar-refractivity contribution in [3.63, 3.8) is 0 Å². The number of thioether (sulfide) groups is 1. The summed E-state index contributed by atoms with van der Waals surface area (Å²) in [6, 6.07) is 4.21. The van der Waals surface area contributed by atoms with Crippen molar-refractivity contribution in [1.29, 1.82) is 0 Å². The lowest BCUT2D eigenvalue weighted by atomic mass is 9.98. The number of likely N-dealkylation sites (N-methyl/N-ethyl adjacent to an activating group) is 1. The normalized spacial score (nSPS) is 12.5. The second kappa shape index (κ2) is 14.4. The van der Waals surface area contributed by atoms with Crippen LogP contribution in [-0.4, -0.2) is 65.1 Å². The van der Waals surface area contributed by atoms with Gasteiger partial charge in [0.25, 0.3) is 5.91 Å². The van der Waals surface area contributed by atoms with Gasteiger partial charge in [-0.15, -0.1) is 16.8 Å². The first-order valence-corrected chi connectivity index (χ1v) is 11.6. The first-order valence-electron chi connectivity index (χ1n) is 10.6. The van der Waals surface area contributed by atoms with Gasteiger partial charge in [0.1, 0.15) is 11.8 Å². The Bertz CT molecular complexity index is 802. The molecule has 4 N–H and O–H groups in total. The number of phenolic OH excluding ortho intramolecular Hbond substituents is 1. The quantitative estimate of drug-likeness (QED) is 0.154. The van der Waals surface area contributed by atoms with Crippen molar-refractivity contribution in [3.05, 3.63) is 24.3 Å². The van der Waals surface area contributed by atoms with Crippen LogP contribution in [0.5, 0.6) is 5.75 Å². The van der Waals surface area contributed by atoms with Gasteiger partial charge in [-0.2, -0.15) is 0 Å². The Morgan fingerprint density at radius 2 is 1.73 bits per heavy atom. The highest BCUT2D eigenvalue weighted by Crippen LogP contribution is 2.26. The van der Waals surface area contributed by atoms with Gasteiger partial charge in [-0.1, -0.05) is 20.3 Å². The molecule has 0 aromatic heterocycles. The number of carbonyl (C=O) groups is 4. The number of hydroxylamine groups is 2. The number of amides is 4. The molecule has 0 saturated heterocycles. The SMILES string of the molecule is CNC(=O)[C@H](CCC(=O)OC)NC(=O)N(O)C(=O)[C@H](CCC(C)C)CSc1ccc(O)cc1. The molecule has 1 rings (SSSR count). The van der Waals surface area contributed by atoms with Crippen LogP contribution in [-0.2, 0) is 19.1 Å². The first-order chi connectivity index (χ1) is 15.6. The zero-order valence-corrected chi connectivity index (χ0v) is 20.2. The summed E-state index contributed by atoms with van der Waals surface area (Å²) in [4.78, 5) is 49.6. The molecule has 0 aliphatic carbocycles. The van der Waals surface area contributed by atoms with Crippen molar-refractivity contribution in [1.82, 2.24) is 15.7 Å². The monoisotopic (exact) mass is 483 g/mol. The molecule has 4 amide bonds. The lowest BCUT2D eigenvalue weighted by molar-refractivity contribution is -0.157. The number of hydrogen-bond donors (Lipinski definition) is 4. The highest BCUT2D eigenvalue weighted by Gasteiger charge is 2.31. The number of esters is 1. The highest BCUT2D eigenvalue weighted by atomic mass is 32.2. The number of urea groups is 1. The Labute approximate surface area is 198 Å². The Hall–Kier alpha value is -2.79. The molecule has 1 aromatic rings. The molecule has 0 aliphatic heterocycles. The molecule has 0 saturated carbocycles. The average Bonchev–Trinajstić information content (AvgIpc) is 2.80. The zero-order chi connectivity index (χ0) is 25.0. The van der Waals surface area contributed by atoms with E-state index in [2.05, 4.69) is 15.4 Å². The van der Waals surface area contributed by atoms with Crippen LogP contribution in [0.15, 0.2) is 29.2 Å². The van der Waals surface area contributed by atoms with E-state index in [0.717, 1.165) is 4.90 Å². The van der Waals surface area contributed by atoms with Crippen LogP contribution in [0.25, 0.3) is 0 Å². The first kappa shape index (κ1) is 28.2. The molecular formula is C22H33N3O7S. The van der Waals surface area contributed by atoms with Gasteiger partial charge in [0, 0.05) is 24.1 Å². The second-order valence-electron chi connectivity index (χ2n) is 7.85. The third-order valence-electron chi connectivity index (χ3n) is 4.86. The molecule has 0 aliphatic rings. The maximum absolute atomic E-state index is 12.9. The number of hydrogen-bond acceptors (Lipinski definition) is 8. The average molecular weight is 484 g/mol. The molecule has 0 spiro atoms. The van der Waals surface area contributed by atoms with Gasteiger partial charge in [0.05, 0.1) is 13.0 Å². The van der Waals surface area contributed by atoms with Crippen LogP contribution < -0.4 is 10.6 Å². The number of carbonyl (C=O) groups excluding carboxylic acids is 4. The van der Waals surface area contributed by atoms with Gasteiger partial charge in [-0.3, -0.25) is 19.6 Å². The summed E-state index contributed by atoms with van der Waals surface area (Å²) in [6.45, 7) is 4.01. The van der Waals surface area contributed by atoms with Crippen LogP contribution >= 0.6 is 11.8 Å². The molecular weight excluding hydrogens is 450 g/mol. The lowest BCUT2D eigenvalue weighted by Gasteiger charge is -2.24. The molecule has 1 aromatic carbocycles. The van der Waals surface area contributed by atoms with E-state index in [4.69, 9.17) is 0 Å². The maximum atomic E-state index is 12.9. The minimum absolute atomic E-state index is 0.00351. The lowest BCUT2D eigenvalue weighted by Crippen LogP contribution is -2.52. The van der Waals surface area contributed by atoms with E-state index in [-0.39, 0.29) is 23.7 Å². The number of phenols is 1. The Morgan fingerprint density at radius 3 is 2.27 bits per heavy atom. The Balaban J connectivity index is 2.85. The van der Waals surface area contributed by atoms with E-state index in [9.17, 15) is 29.5 Å². The molecule has 2 atom stereocenters. The molecule has 33 heavy (non-hydrogen) atoms. The molecule has 184 valence electrons. The third-order valence-corrected chi connectivity index (χ3v) is 6.03. The standard InChI is InChI=1S/C22H33N3O7S/c1-14(2)5-6-15(13-33-17-9-7-16(26)8-10-17)21(29)25(31)22(30)24-18(20(28)23-3)11-12-19(27)32-4/h7-10,14-15,18,26,31H,5-6,11-13H2,1-4H3,(H,23,28)(H,24,30)/t15-,18+/m1/s1. The van der Waals surface area contributed by atoms with Crippen LogP contribution in [0.2, 0.25) is 0 Å². The maximum Gasteiger partial charge on any atom is 0.349 e. The topological polar surface area (TPSA) is 145 Å². The number of nitrogens with one attached hydrogen (secondary N) is 2. The van der Waals surface area contributed by atoms with Crippen molar-refractivity contribution >= 4 is 35.6 Å². The smallest absolute Gasteiger partial charge is 0.349 e. The number of imide groups is 1. The third kappa shape index (κ3) is 10.1. The van der Waals surface area contributed by atoms with Gasteiger partial charge in [-0.05, 0) is 43.0 Å². The second-order valence-corrected chi connectivity index (χ2v) is 8.95. The number of benzene rings is 1. The van der Waals surface area contributed by atoms with Crippen molar-refractivity contribution < 1.29 is 34.2 Å². The van der Waals surface area contributed by atoms with Crippen LogP contribution in [0.4, 0.5) is 4.79 Å². The van der Waals surface area contributed by atoms with E-state index in [1.807, 2.05) is 13.8 Å². The fourth-order valence-corrected chi connectivity index (χ4v) is 3.87. The van der Waals surface area contributed by atoms with Gasteiger partial charge in [-0.25, -0.2) is 4.79 Å². The van der Waals surface area contributed by atoms with Crippen molar-refractivity contribution in [2.24, 2.45) is 11.8 Å². The molecule has 11 heteroatoms. The van der Waals surface area contributed by atoms with Gasteiger partial charge in [0.15, 0.2) is 0 Å². The minimum Gasteiger partial charge on any atom is -0.508 e. The molecule has 0 unspecified atom stereocenters. The van der Waals surface area contributed by atoms with Crippen molar-refractivity contribution in [3.8, 4) is 5.75 Å². The van der Waals surface area contributed by atoms with Gasteiger partial charge in [0.2, 0.25) is 5.91 Å². The summed E-state index contributed by atoms with van der Waals surface area (Å²) in [5, 5.41) is 24.4. The van der Waals surface area contributed by atoms with Crippen LogP contribution in [0.1, 0.15) is 39.5 Å². The number of aromatic hydroxyl groups is 1. The Morgan fingerprint density at radius 1 is 1.09 bits per heavy atom. The van der Waals surface area contributed by atoms with E-state index in [1.54, 1.807) is 12.1 Å². The molecule has 10 nitrogen and oxygen atoms in total. The Kier molecular flexibility index (Phi) is 12.3. The summed E-state index contributed by atoms with van der Waals surface area (Å²) < 4.78 is 4.54. The zero-order valence-electron chi connectivity index (χ0n) is 19.4. The molecule has 0 bridgehead atoms. The van der Waals surface area contributed by atoms with E-state index >= 15 is 0 Å². The summed E-state index contributed by atoms with van der Waals surface area (Å²) in [5.41, 5.74) is 0. The fourth-order valence-electron chi connectivity index (χ4n) is 2.84. The molecule has 0 fully saturated rings. The van der Waals surface area contributed by atoms with Crippen molar-refractivity contribution in [2.45, 2.75) is 50.5 Å². The van der Waals surface area contributed by atoms with Crippen LogP contribution in [0, 0.1) is 11.8 Å². The predicted octanol–water partition coefficient (Wildman–Crippen LogP) is 2.53. The summed E-state index contributed by atoms with van der Waals surface area (Å²) >= 11 is 1.37. The van der Waals surface area contributed by atoms with Gasteiger partial charge < -0.3 is 20.5 Å². The van der Waals surface area contributed by atoms with E-state index in [1.165, 1.54) is 38.1 Å². The largest absolute Gasteiger partial charge is 0.508 e.